The van der Waals surface area contributed by atoms with Crippen molar-refractivity contribution in [2.45, 2.75) is 51.4 Å². The van der Waals surface area contributed by atoms with Gasteiger partial charge in [0.1, 0.15) is 35.0 Å². The summed E-state index contributed by atoms with van der Waals surface area (Å²) in [4.78, 5) is 50.3. The highest BCUT2D eigenvalue weighted by Crippen LogP contribution is 2.41. The van der Waals surface area contributed by atoms with Crippen molar-refractivity contribution in [2.24, 2.45) is 5.92 Å². The van der Waals surface area contributed by atoms with Crippen LogP contribution in [0.15, 0.2) is 17.2 Å². The SMILES string of the molecule is Cc1cc(Nc2ncnc(NC(=O)C3CC3)c2C)c(=O)n2c1C(=O)N(C)C21CCN(CC(F)(F)F)CC1. The largest absolute Gasteiger partial charge is 0.401 e. The fraction of sp³-hybridized carbons (Fsp3) is 0.542. The second-order valence-corrected chi connectivity index (χ2v) is 10.1. The molecule has 1 spiro atoms. The Morgan fingerprint density at radius 3 is 2.41 bits per heavy atom. The minimum atomic E-state index is -4.32. The van der Waals surface area contributed by atoms with Crippen LogP contribution in [0.3, 0.4) is 0 Å². The summed E-state index contributed by atoms with van der Waals surface area (Å²) in [6.45, 7) is 2.59. The highest BCUT2D eigenvalue weighted by molar-refractivity contribution is 5.97. The van der Waals surface area contributed by atoms with E-state index < -0.39 is 23.9 Å². The van der Waals surface area contributed by atoms with E-state index in [0.717, 1.165) is 12.8 Å². The number of rotatable bonds is 5. The molecule has 0 bridgehead atoms. The number of amides is 2. The summed E-state index contributed by atoms with van der Waals surface area (Å²) in [5.74, 6) is 0.207. The predicted molar refractivity (Wildman–Crippen MR) is 129 cm³/mol. The van der Waals surface area contributed by atoms with Crippen molar-refractivity contribution in [1.29, 1.82) is 0 Å². The Hall–Kier alpha value is -3.48. The molecule has 5 rings (SSSR count). The number of anilines is 3. The Morgan fingerprint density at radius 1 is 1.14 bits per heavy atom. The number of carbonyl (C=O) groups excluding carboxylic acids is 2. The third-order valence-corrected chi connectivity index (χ3v) is 7.53. The second-order valence-electron chi connectivity index (χ2n) is 10.1. The van der Waals surface area contributed by atoms with Gasteiger partial charge in [-0.3, -0.25) is 23.9 Å². The fourth-order valence-corrected chi connectivity index (χ4v) is 5.27. The van der Waals surface area contributed by atoms with Gasteiger partial charge in [-0.2, -0.15) is 13.2 Å². The summed E-state index contributed by atoms with van der Waals surface area (Å²) in [5.41, 5.74) is -0.0195. The normalized spacial score (nSPS) is 19.3. The van der Waals surface area contributed by atoms with Gasteiger partial charge >= 0.3 is 6.18 Å². The van der Waals surface area contributed by atoms with Crippen molar-refractivity contribution >= 4 is 29.1 Å². The molecule has 0 atom stereocenters. The molecule has 3 aliphatic rings. The zero-order valence-electron chi connectivity index (χ0n) is 20.8. The minimum absolute atomic E-state index is 0.0111. The predicted octanol–water partition coefficient (Wildman–Crippen LogP) is 2.74. The van der Waals surface area contributed by atoms with Gasteiger partial charge < -0.3 is 15.5 Å². The number of pyridine rings is 1. The van der Waals surface area contributed by atoms with Crippen molar-refractivity contribution in [3.05, 3.63) is 39.6 Å². The maximum absolute atomic E-state index is 13.8. The molecule has 37 heavy (non-hydrogen) atoms. The number of nitrogens with one attached hydrogen (secondary N) is 2. The molecule has 0 unspecified atom stereocenters. The van der Waals surface area contributed by atoms with Crippen LogP contribution in [0.25, 0.3) is 0 Å². The Labute approximate surface area is 210 Å². The summed E-state index contributed by atoms with van der Waals surface area (Å²) in [7, 11) is 1.59. The molecular weight excluding hydrogens is 491 g/mol. The summed E-state index contributed by atoms with van der Waals surface area (Å²) in [6.07, 6.45) is -0.984. The Balaban J connectivity index is 1.48. The molecule has 1 saturated carbocycles. The Bertz CT molecular complexity index is 1330. The van der Waals surface area contributed by atoms with E-state index in [1.54, 1.807) is 27.0 Å². The molecule has 2 N–H and O–H groups in total. The summed E-state index contributed by atoms with van der Waals surface area (Å²) in [5, 5.41) is 5.83. The van der Waals surface area contributed by atoms with Crippen LogP contribution in [0.2, 0.25) is 0 Å². The molecule has 198 valence electrons. The van der Waals surface area contributed by atoms with Gasteiger partial charge in [-0.05, 0) is 38.3 Å². The Morgan fingerprint density at radius 2 is 1.78 bits per heavy atom. The lowest BCUT2D eigenvalue weighted by molar-refractivity contribution is -0.152. The van der Waals surface area contributed by atoms with Crippen molar-refractivity contribution < 1.29 is 22.8 Å². The van der Waals surface area contributed by atoms with E-state index in [4.69, 9.17) is 0 Å². The van der Waals surface area contributed by atoms with E-state index in [1.807, 2.05) is 0 Å². The first-order valence-corrected chi connectivity index (χ1v) is 12.2. The molecule has 1 aliphatic carbocycles. The van der Waals surface area contributed by atoms with Gasteiger partial charge in [-0.25, -0.2) is 9.97 Å². The van der Waals surface area contributed by atoms with Crippen molar-refractivity contribution in [3.63, 3.8) is 0 Å². The maximum Gasteiger partial charge on any atom is 0.401 e. The summed E-state index contributed by atoms with van der Waals surface area (Å²) < 4.78 is 40.2. The number of likely N-dealkylation sites (tertiary alicyclic amines) is 1. The van der Waals surface area contributed by atoms with Crippen molar-refractivity contribution in [2.75, 3.05) is 37.3 Å². The number of fused-ring (bicyclic) bond motifs is 2. The number of hydrogen-bond donors (Lipinski definition) is 2. The van der Waals surface area contributed by atoms with Gasteiger partial charge in [0, 0.05) is 44.5 Å². The highest BCUT2D eigenvalue weighted by Gasteiger charge is 2.51. The first-order chi connectivity index (χ1) is 17.4. The van der Waals surface area contributed by atoms with Crippen molar-refractivity contribution in [1.82, 2.24) is 24.3 Å². The van der Waals surface area contributed by atoms with Gasteiger partial charge in [0.15, 0.2) is 0 Å². The van der Waals surface area contributed by atoms with Crippen LogP contribution in [0.1, 0.15) is 47.3 Å². The van der Waals surface area contributed by atoms with Gasteiger partial charge in [-0.15, -0.1) is 0 Å². The van der Waals surface area contributed by atoms with E-state index in [9.17, 15) is 27.6 Å². The van der Waals surface area contributed by atoms with Crippen LogP contribution in [0.5, 0.6) is 0 Å². The first-order valence-electron chi connectivity index (χ1n) is 12.2. The number of alkyl halides is 3. The topological polar surface area (TPSA) is 112 Å². The molecule has 4 heterocycles. The van der Waals surface area contributed by atoms with E-state index in [0.29, 0.717) is 22.8 Å². The third kappa shape index (κ3) is 4.45. The minimum Gasteiger partial charge on any atom is -0.335 e. The van der Waals surface area contributed by atoms with E-state index in [-0.39, 0.29) is 55.0 Å². The van der Waals surface area contributed by atoms with E-state index >= 15 is 0 Å². The monoisotopic (exact) mass is 519 g/mol. The van der Waals surface area contributed by atoms with E-state index in [2.05, 4.69) is 20.6 Å². The molecular formula is C24H28F3N7O3. The average Bonchev–Trinajstić information content (AvgIpc) is 3.65. The van der Waals surface area contributed by atoms with Crippen LogP contribution in [-0.2, 0) is 10.5 Å². The number of halogens is 3. The zero-order valence-corrected chi connectivity index (χ0v) is 20.8. The molecule has 0 aromatic carbocycles. The van der Waals surface area contributed by atoms with Crippen LogP contribution in [0, 0.1) is 19.8 Å². The van der Waals surface area contributed by atoms with Gasteiger partial charge in [-0.1, -0.05) is 0 Å². The number of hydrogen-bond acceptors (Lipinski definition) is 7. The standard InChI is InChI=1S/C24H28F3N7O3/c1-13-10-16(30-18-14(2)19(29-12-28-18)31-20(35)15-4-5-15)21(36)34-17(13)22(37)32(3)23(34)6-8-33(9-7-23)11-24(25,26)27/h10,12,15H,4-9,11H2,1-3H3,(H2,28,29,30,31,35). The number of piperidine rings is 1. The number of aromatic nitrogens is 3. The highest BCUT2D eigenvalue weighted by atomic mass is 19.4. The second kappa shape index (κ2) is 8.82. The molecule has 2 aromatic heterocycles. The third-order valence-electron chi connectivity index (χ3n) is 7.53. The van der Waals surface area contributed by atoms with Crippen LogP contribution in [0.4, 0.5) is 30.5 Å². The lowest BCUT2D eigenvalue weighted by Gasteiger charge is -2.44. The molecule has 2 amide bonds. The number of nitrogens with zero attached hydrogens (tertiary/aromatic N) is 5. The summed E-state index contributed by atoms with van der Waals surface area (Å²) >= 11 is 0. The van der Waals surface area contributed by atoms with Gasteiger partial charge in [0.25, 0.3) is 11.5 Å². The van der Waals surface area contributed by atoms with Gasteiger partial charge in [0.2, 0.25) is 5.91 Å². The number of aryl methyl sites for hydroxylation is 1. The lowest BCUT2D eigenvalue weighted by Crippen LogP contribution is -2.56. The zero-order chi connectivity index (χ0) is 26.7. The van der Waals surface area contributed by atoms with Crippen LogP contribution < -0.4 is 16.2 Å². The molecule has 10 nitrogen and oxygen atoms in total. The first kappa shape index (κ1) is 25.2. The molecule has 13 heteroatoms. The van der Waals surface area contributed by atoms with Crippen molar-refractivity contribution in [3.8, 4) is 0 Å². The maximum atomic E-state index is 13.8. The molecule has 1 saturated heterocycles. The Kier molecular flexibility index (Phi) is 6.00. The smallest absolute Gasteiger partial charge is 0.335 e. The molecule has 2 aromatic rings. The average molecular weight is 520 g/mol. The quantitative estimate of drug-likeness (QED) is 0.625. The van der Waals surface area contributed by atoms with Crippen LogP contribution >= 0.6 is 0 Å². The molecule has 2 fully saturated rings. The summed E-state index contributed by atoms with van der Waals surface area (Å²) in [6, 6.07) is 1.57. The number of carbonyl (C=O) groups is 2. The molecule has 0 radical (unpaired) electrons. The fourth-order valence-electron chi connectivity index (χ4n) is 5.27. The van der Waals surface area contributed by atoms with E-state index in [1.165, 1.54) is 20.7 Å². The van der Waals surface area contributed by atoms with Gasteiger partial charge in [0.05, 0.1) is 6.54 Å². The molecule has 2 aliphatic heterocycles. The lowest BCUT2D eigenvalue weighted by atomic mass is 9.95. The van der Waals surface area contributed by atoms with Crippen LogP contribution in [-0.4, -0.2) is 69.0 Å².